The van der Waals surface area contributed by atoms with Gasteiger partial charge < -0.3 is 15.1 Å². The van der Waals surface area contributed by atoms with E-state index in [1.165, 1.54) is 12.1 Å². The van der Waals surface area contributed by atoms with Gasteiger partial charge in [0.05, 0.1) is 5.69 Å². The number of hydrogen-bond donors (Lipinski definition) is 1. The second-order valence-electron chi connectivity index (χ2n) is 7.12. The fourth-order valence-corrected chi connectivity index (χ4v) is 3.23. The van der Waals surface area contributed by atoms with Crippen molar-refractivity contribution < 1.29 is 9.18 Å². The topological polar surface area (TPSA) is 66.3 Å². The second kappa shape index (κ2) is 8.40. The van der Waals surface area contributed by atoms with E-state index in [1.807, 2.05) is 12.1 Å². The van der Waals surface area contributed by atoms with Crippen molar-refractivity contribution in [1.29, 1.82) is 0 Å². The van der Waals surface area contributed by atoms with Gasteiger partial charge in [-0.1, -0.05) is 0 Å². The summed E-state index contributed by atoms with van der Waals surface area (Å²) in [5, 5.41) is 7.17. The van der Waals surface area contributed by atoms with Gasteiger partial charge in [-0.2, -0.15) is 5.10 Å². The summed E-state index contributed by atoms with van der Waals surface area (Å²) in [7, 11) is 2.12. The van der Waals surface area contributed by atoms with Crippen LogP contribution in [0.25, 0.3) is 5.69 Å². The Morgan fingerprint density at radius 2 is 1.86 bits per heavy atom. The summed E-state index contributed by atoms with van der Waals surface area (Å²) in [5.74, 6) is 0.362. The molecule has 0 aliphatic carbocycles. The minimum absolute atomic E-state index is 0.260. The van der Waals surface area contributed by atoms with E-state index in [0.717, 1.165) is 37.6 Å². The maximum Gasteiger partial charge on any atom is 0.272 e. The number of nitrogens with one attached hydrogen (secondary N) is 1. The highest BCUT2D eigenvalue weighted by Gasteiger charge is 2.16. The average molecular weight is 394 g/mol. The molecule has 4 rings (SSSR count). The fraction of sp³-hybridized carbons (Fsp3) is 0.286. The molecule has 2 aromatic heterocycles. The highest BCUT2D eigenvalue weighted by atomic mass is 19.1. The van der Waals surface area contributed by atoms with Gasteiger partial charge in [0.2, 0.25) is 0 Å². The molecule has 1 aliphatic rings. The van der Waals surface area contributed by atoms with Crippen molar-refractivity contribution in [3.05, 3.63) is 71.9 Å². The van der Waals surface area contributed by atoms with Crippen LogP contribution in [-0.2, 0) is 6.54 Å². The molecule has 3 heterocycles. The molecular formula is C21H23FN6O. The van der Waals surface area contributed by atoms with Crippen molar-refractivity contribution in [1.82, 2.24) is 25.0 Å². The molecule has 7 nitrogen and oxygen atoms in total. The fourth-order valence-electron chi connectivity index (χ4n) is 3.23. The molecule has 0 unspecified atom stereocenters. The first-order valence-electron chi connectivity index (χ1n) is 9.57. The van der Waals surface area contributed by atoms with Gasteiger partial charge in [-0.3, -0.25) is 4.79 Å². The zero-order valence-corrected chi connectivity index (χ0v) is 16.3. The van der Waals surface area contributed by atoms with E-state index in [0.29, 0.717) is 17.9 Å². The van der Waals surface area contributed by atoms with Crippen LogP contribution >= 0.6 is 0 Å². The summed E-state index contributed by atoms with van der Waals surface area (Å²) in [5.41, 5.74) is 1.99. The molecule has 0 saturated carbocycles. The number of piperazine rings is 1. The first-order valence-corrected chi connectivity index (χ1v) is 9.57. The van der Waals surface area contributed by atoms with Gasteiger partial charge in [0, 0.05) is 45.1 Å². The first kappa shape index (κ1) is 19.1. The number of rotatable bonds is 5. The summed E-state index contributed by atoms with van der Waals surface area (Å²) < 4.78 is 14.6. The molecular weight excluding hydrogens is 371 g/mol. The molecule has 29 heavy (non-hydrogen) atoms. The average Bonchev–Trinajstić information content (AvgIpc) is 3.24. The minimum Gasteiger partial charge on any atom is -0.354 e. The lowest BCUT2D eigenvalue weighted by Gasteiger charge is -2.33. The smallest absolute Gasteiger partial charge is 0.272 e. The van der Waals surface area contributed by atoms with E-state index >= 15 is 0 Å². The van der Waals surface area contributed by atoms with E-state index in [9.17, 15) is 9.18 Å². The highest BCUT2D eigenvalue weighted by Crippen LogP contribution is 2.15. The normalized spacial score (nSPS) is 14.8. The molecule has 8 heteroatoms. The Hall–Kier alpha value is -3.26. The van der Waals surface area contributed by atoms with Crippen molar-refractivity contribution in [2.24, 2.45) is 0 Å². The van der Waals surface area contributed by atoms with Crippen LogP contribution in [0, 0.1) is 5.82 Å². The quantitative estimate of drug-likeness (QED) is 0.718. The van der Waals surface area contributed by atoms with Gasteiger partial charge in [-0.15, -0.1) is 0 Å². The molecule has 1 aliphatic heterocycles. The van der Waals surface area contributed by atoms with Crippen molar-refractivity contribution in [3.8, 4) is 5.69 Å². The Bertz CT molecular complexity index is 979. The molecule has 0 radical (unpaired) electrons. The largest absolute Gasteiger partial charge is 0.354 e. The number of aromatic nitrogens is 3. The third-order valence-electron chi connectivity index (χ3n) is 5.00. The number of likely N-dealkylation sites (N-methyl/N-ethyl adjacent to an activating group) is 1. The van der Waals surface area contributed by atoms with Gasteiger partial charge in [-0.05, 0) is 55.1 Å². The van der Waals surface area contributed by atoms with Crippen molar-refractivity contribution in [3.63, 3.8) is 0 Å². The monoisotopic (exact) mass is 394 g/mol. The van der Waals surface area contributed by atoms with Gasteiger partial charge in [0.25, 0.3) is 5.91 Å². The number of anilines is 1. The van der Waals surface area contributed by atoms with Crippen LogP contribution in [0.2, 0.25) is 0 Å². The van der Waals surface area contributed by atoms with Crippen molar-refractivity contribution in [2.45, 2.75) is 6.54 Å². The van der Waals surface area contributed by atoms with Crippen LogP contribution in [-0.4, -0.2) is 58.8 Å². The molecule has 0 spiro atoms. The van der Waals surface area contributed by atoms with Gasteiger partial charge in [0.1, 0.15) is 11.6 Å². The lowest BCUT2D eigenvalue weighted by atomic mass is 10.2. The van der Waals surface area contributed by atoms with Gasteiger partial charge >= 0.3 is 0 Å². The van der Waals surface area contributed by atoms with Gasteiger partial charge in [0.15, 0.2) is 5.69 Å². The van der Waals surface area contributed by atoms with Crippen LogP contribution in [0.5, 0.6) is 0 Å². The summed E-state index contributed by atoms with van der Waals surface area (Å²) in [6.07, 6.45) is 3.46. The molecule has 1 saturated heterocycles. The van der Waals surface area contributed by atoms with Crippen molar-refractivity contribution >= 4 is 11.7 Å². The predicted octanol–water partition coefficient (Wildman–Crippen LogP) is 2.09. The molecule has 0 bridgehead atoms. The van der Waals surface area contributed by atoms with E-state index in [1.54, 1.807) is 35.3 Å². The number of pyridine rings is 1. The van der Waals surface area contributed by atoms with Crippen molar-refractivity contribution in [2.75, 3.05) is 38.1 Å². The Kier molecular flexibility index (Phi) is 5.53. The van der Waals surface area contributed by atoms with E-state index in [4.69, 9.17) is 0 Å². The Balaban J connectivity index is 1.37. The first-order chi connectivity index (χ1) is 14.1. The third kappa shape index (κ3) is 4.60. The highest BCUT2D eigenvalue weighted by molar-refractivity contribution is 5.92. The maximum atomic E-state index is 13.1. The number of carbonyl (C=O) groups excluding carboxylic acids is 1. The van der Waals surface area contributed by atoms with Crippen LogP contribution in [0.15, 0.2) is 54.9 Å². The molecule has 150 valence electrons. The van der Waals surface area contributed by atoms with Crippen LogP contribution in [0.4, 0.5) is 10.2 Å². The molecule has 1 fully saturated rings. The number of halogens is 1. The summed E-state index contributed by atoms with van der Waals surface area (Å²) >= 11 is 0. The second-order valence-corrected chi connectivity index (χ2v) is 7.12. The Labute approximate surface area is 168 Å². The van der Waals surface area contributed by atoms with E-state index in [-0.39, 0.29) is 11.7 Å². The Morgan fingerprint density at radius 1 is 1.10 bits per heavy atom. The molecule has 0 atom stereocenters. The summed E-state index contributed by atoms with van der Waals surface area (Å²) in [6, 6.07) is 11.5. The molecule has 3 aromatic rings. The standard InChI is InChI=1S/C21H23FN6O/c1-26-10-12-27(13-11-26)20-14-16(6-8-23-20)15-24-21(29)19-7-9-28(25-19)18-4-2-17(22)3-5-18/h2-9,14H,10-13,15H2,1H3,(H,24,29). The molecule has 1 aromatic carbocycles. The van der Waals surface area contributed by atoms with E-state index < -0.39 is 0 Å². The van der Waals surface area contributed by atoms with Crippen LogP contribution < -0.4 is 10.2 Å². The van der Waals surface area contributed by atoms with E-state index in [2.05, 4.69) is 32.2 Å². The lowest BCUT2D eigenvalue weighted by Crippen LogP contribution is -2.44. The van der Waals surface area contributed by atoms with Crippen LogP contribution in [0.3, 0.4) is 0 Å². The summed E-state index contributed by atoms with van der Waals surface area (Å²) in [4.78, 5) is 21.5. The Morgan fingerprint density at radius 3 is 2.62 bits per heavy atom. The predicted molar refractivity (Wildman–Crippen MR) is 109 cm³/mol. The maximum absolute atomic E-state index is 13.1. The molecule has 1 amide bonds. The minimum atomic E-state index is -0.313. The molecule has 1 N–H and O–H groups in total. The van der Waals surface area contributed by atoms with Crippen LogP contribution in [0.1, 0.15) is 16.1 Å². The SMILES string of the molecule is CN1CCN(c2cc(CNC(=O)c3ccn(-c4ccc(F)cc4)n3)ccn2)CC1. The number of amides is 1. The van der Waals surface area contributed by atoms with Gasteiger partial charge in [-0.25, -0.2) is 14.1 Å². The zero-order chi connectivity index (χ0) is 20.2. The number of benzene rings is 1. The number of nitrogens with zero attached hydrogens (tertiary/aromatic N) is 5. The third-order valence-corrected chi connectivity index (χ3v) is 5.00. The zero-order valence-electron chi connectivity index (χ0n) is 16.3. The lowest BCUT2D eigenvalue weighted by molar-refractivity contribution is 0.0945. The number of carbonyl (C=O) groups is 1. The number of hydrogen-bond acceptors (Lipinski definition) is 5. The summed E-state index contributed by atoms with van der Waals surface area (Å²) in [6.45, 7) is 4.31.